The molecule has 3 unspecified atom stereocenters. The van der Waals surface area contributed by atoms with Crippen molar-refractivity contribution in [2.24, 2.45) is 11.8 Å². The molecule has 1 aliphatic carbocycles. The fourth-order valence-electron chi connectivity index (χ4n) is 3.86. The van der Waals surface area contributed by atoms with Gasteiger partial charge in [0.15, 0.2) is 0 Å². The molecule has 2 nitrogen and oxygen atoms in total. The van der Waals surface area contributed by atoms with Gasteiger partial charge in [0.05, 0.1) is 19.8 Å². The maximum Gasteiger partial charge on any atom is 0.119 e. The van der Waals surface area contributed by atoms with Gasteiger partial charge in [0.25, 0.3) is 0 Å². The molecule has 1 aliphatic heterocycles. The third-order valence-electron chi connectivity index (χ3n) is 5.27. The van der Waals surface area contributed by atoms with E-state index in [9.17, 15) is 0 Å². The number of rotatable bonds is 7. The molecule has 2 aliphatic rings. The van der Waals surface area contributed by atoms with Crippen LogP contribution in [-0.2, 0) is 11.2 Å². The second kappa shape index (κ2) is 7.31. The molecule has 116 valence electrons. The van der Waals surface area contributed by atoms with E-state index in [0.29, 0.717) is 6.10 Å². The maximum absolute atomic E-state index is 5.38. The van der Waals surface area contributed by atoms with Crippen molar-refractivity contribution in [3.63, 3.8) is 0 Å². The molecule has 21 heavy (non-hydrogen) atoms. The van der Waals surface area contributed by atoms with E-state index in [0.717, 1.165) is 24.2 Å². The van der Waals surface area contributed by atoms with Crippen LogP contribution in [-0.4, -0.2) is 19.8 Å². The number of methoxy groups -OCH3 is 1. The molecular weight excluding hydrogens is 260 g/mol. The number of ether oxygens (including phenoxy) is 2. The van der Waals surface area contributed by atoms with Crippen molar-refractivity contribution >= 4 is 0 Å². The minimum Gasteiger partial charge on any atom is -0.497 e. The van der Waals surface area contributed by atoms with Gasteiger partial charge in [0.1, 0.15) is 5.75 Å². The van der Waals surface area contributed by atoms with Gasteiger partial charge in [0.2, 0.25) is 0 Å². The highest BCUT2D eigenvalue weighted by molar-refractivity contribution is 5.28. The Kier molecular flexibility index (Phi) is 5.18. The van der Waals surface area contributed by atoms with Crippen LogP contribution in [0.3, 0.4) is 0 Å². The van der Waals surface area contributed by atoms with Gasteiger partial charge in [-0.1, -0.05) is 37.8 Å². The summed E-state index contributed by atoms with van der Waals surface area (Å²) in [7, 11) is 1.75. The van der Waals surface area contributed by atoms with Gasteiger partial charge < -0.3 is 9.47 Å². The largest absolute Gasteiger partial charge is 0.497 e. The van der Waals surface area contributed by atoms with Gasteiger partial charge in [-0.2, -0.15) is 0 Å². The average Bonchev–Trinajstić information content (AvgIpc) is 3.36. The Balaban J connectivity index is 1.50. The summed E-state index contributed by atoms with van der Waals surface area (Å²) in [4.78, 5) is 0. The van der Waals surface area contributed by atoms with Crippen molar-refractivity contribution in [3.8, 4) is 5.75 Å². The third-order valence-corrected chi connectivity index (χ3v) is 5.27. The normalized spacial score (nSPS) is 28.3. The third kappa shape index (κ3) is 4.47. The summed E-state index contributed by atoms with van der Waals surface area (Å²) < 4.78 is 10.7. The van der Waals surface area contributed by atoms with Crippen LogP contribution < -0.4 is 4.74 Å². The van der Waals surface area contributed by atoms with E-state index in [1.807, 2.05) is 6.07 Å². The van der Waals surface area contributed by atoms with Crippen molar-refractivity contribution < 1.29 is 9.47 Å². The van der Waals surface area contributed by atoms with E-state index in [2.05, 4.69) is 18.2 Å². The molecule has 0 spiro atoms. The molecule has 2 heteroatoms. The van der Waals surface area contributed by atoms with Crippen LogP contribution in [0.5, 0.6) is 5.75 Å². The summed E-state index contributed by atoms with van der Waals surface area (Å²) in [6.07, 6.45) is 11.5. The number of epoxide rings is 1. The molecule has 1 aromatic carbocycles. The van der Waals surface area contributed by atoms with E-state index < -0.39 is 0 Å². The standard InChI is InChI=1S/C19H28O2/c1-20-18-8-4-5-15(13-18)9-10-16-6-2-3-7-17(16)11-12-19-14-21-19/h4-5,8,13,16-17,19H,2-3,6-7,9-12,14H2,1H3. The summed E-state index contributed by atoms with van der Waals surface area (Å²) in [5, 5.41) is 0. The second-order valence-electron chi connectivity index (χ2n) is 6.73. The zero-order valence-electron chi connectivity index (χ0n) is 13.2. The first-order chi connectivity index (χ1) is 10.3. The zero-order valence-corrected chi connectivity index (χ0v) is 13.2. The molecule has 1 aromatic rings. The van der Waals surface area contributed by atoms with Gasteiger partial charge in [-0.3, -0.25) is 0 Å². The highest BCUT2D eigenvalue weighted by Crippen LogP contribution is 2.37. The molecule has 0 aromatic heterocycles. The smallest absolute Gasteiger partial charge is 0.119 e. The highest BCUT2D eigenvalue weighted by Gasteiger charge is 2.28. The first-order valence-electron chi connectivity index (χ1n) is 8.59. The monoisotopic (exact) mass is 288 g/mol. The molecule has 3 rings (SSSR count). The predicted octanol–water partition coefficient (Wildman–Crippen LogP) is 4.61. The lowest BCUT2D eigenvalue weighted by atomic mass is 9.74. The lowest BCUT2D eigenvalue weighted by Gasteiger charge is -2.31. The highest BCUT2D eigenvalue weighted by atomic mass is 16.6. The molecule has 1 heterocycles. The van der Waals surface area contributed by atoms with Crippen molar-refractivity contribution in [1.29, 1.82) is 0 Å². The Bertz CT molecular complexity index is 439. The van der Waals surface area contributed by atoms with Crippen LogP contribution in [0.1, 0.15) is 50.5 Å². The van der Waals surface area contributed by atoms with Crippen LogP contribution in [0.25, 0.3) is 0 Å². The van der Waals surface area contributed by atoms with E-state index in [1.165, 1.54) is 56.9 Å². The summed E-state index contributed by atoms with van der Waals surface area (Å²) in [6, 6.07) is 8.56. The number of hydrogen-bond donors (Lipinski definition) is 0. The minimum absolute atomic E-state index is 0.603. The van der Waals surface area contributed by atoms with Crippen LogP contribution in [0.2, 0.25) is 0 Å². The Labute approximate surface area is 128 Å². The Morgan fingerprint density at radius 1 is 1.10 bits per heavy atom. The summed E-state index contributed by atoms with van der Waals surface area (Å²) in [5.74, 6) is 2.84. The fourth-order valence-corrected chi connectivity index (χ4v) is 3.86. The molecule has 0 bridgehead atoms. The molecule has 1 saturated carbocycles. The topological polar surface area (TPSA) is 21.8 Å². The van der Waals surface area contributed by atoms with Crippen molar-refractivity contribution in [2.45, 2.75) is 57.5 Å². The zero-order chi connectivity index (χ0) is 14.5. The molecule has 0 radical (unpaired) electrons. The van der Waals surface area contributed by atoms with Gasteiger partial charge in [-0.15, -0.1) is 0 Å². The Hall–Kier alpha value is -1.02. The van der Waals surface area contributed by atoms with Gasteiger partial charge in [0, 0.05) is 0 Å². The second-order valence-corrected chi connectivity index (χ2v) is 6.73. The van der Waals surface area contributed by atoms with Gasteiger partial charge in [-0.05, 0) is 55.2 Å². The molecule has 2 fully saturated rings. The van der Waals surface area contributed by atoms with Crippen LogP contribution in [0.4, 0.5) is 0 Å². The van der Waals surface area contributed by atoms with E-state index >= 15 is 0 Å². The molecular formula is C19H28O2. The Morgan fingerprint density at radius 2 is 1.86 bits per heavy atom. The predicted molar refractivity (Wildman–Crippen MR) is 85.7 cm³/mol. The molecule has 3 atom stereocenters. The number of aryl methyl sites for hydroxylation is 1. The van der Waals surface area contributed by atoms with Crippen molar-refractivity contribution in [2.75, 3.05) is 13.7 Å². The summed E-state index contributed by atoms with van der Waals surface area (Å²) >= 11 is 0. The van der Waals surface area contributed by atoms with E-state index in [-0.39, 0.29) is 0 Å². The van der Waals surface area contributed by atoms with Crippen LogP contribution in [0.15, 0.2) is 24.3 Å². The molecule has 0 N–H and O–H groups in total. The van der Waals surface area contributed by atoms with Crippen molar-refractivity contribution in [1.82, 2.24) is 0 Å². The van der Waals surface area contributed by atoms with E-state index in [4.69, 9.17) is 9.47 Å². The lowest BCUT2D eigenvalue weighted by molar-refractivity contribution is 0.202. The maximum atomic E-state index is 5.38. The lowest BCUT2D eigenvalue weighted by Crippen LogP contribution is -2.20. The molecule has 0 amide bonds. The first-order valence-corrected chi connectivity index (χ1v) is 8.59. The first kappa shape index (κ1) is 14.9. The minimum atomic E-state index is 0.603. The number of benzene rings is 1. The van der Waals surface area contributed by atoms with Gasteiger partial charge in [-0.25, -0.2) is 0 Å². The van der Waals surface area contributed by atoms with E-state index in [1.54, 1.807) is 7.11 Å². The SMILES string of the molecule is COc1cccc(CCC2CCCCC2CCC2CO2)c1. The fraction of sp³-hybridized carbons (Fsp3) is 0.684. The number of hydrogen-bond acceptors (Lipinski definition) is 2. The quantitative estimate of drug-likeness (QED) is 0.683. The van der Waals surface area contributed by atoms with Crippen LogP contribution in [0, 0.1) is 11.8 Å². The Morgan fingerprint density at radius 3 is 2.57 bits per heavy atom. The van der Waals surface area contributed by atoms with Crippen LogP contribution >= 0.6 is 0 Å². The van der Waals surface area contributed by atoms with Crippen molar-refractivity contribution in [3.05, 3.63) is 29.8 Å². The summed E-state index contributed by atoms with van der Waals surface area (Å²) in [5.41, 5.74) is 1.42. The average molecular weight is 288 g/mol. The molecule has 1 saturated heterocycles. The van der Waals surface area contributed by atoms with Gasteiger partial charge >= 0.3 is 0 Å². The summed E-state index contributed by atoms with van der Waals surface area (Å²) in [6.45, 7) is 1.02.